The SMILES string of the molecule is CCCCCCc1oc2ccccc2c1/C=C/C(=O)OCCCC. The fourth-order valence-corrected chi connectivity index (χ4v) is 2.71. The van der Waals surface area contributed by atoms with Gasteiger partial charge in [-0.15, -0.1) is 0 Å². The fourth-order valence-electron chi connectivity index (χ4n) is 2.71. The summed E-state index contributed by atoms with van der Waals surface area (Å²) in [6, 6.07) is 7.98. The van der Waals surface area contributed by atoms with E-state index >= 15 is 0 Å². The van der Waals surface area contributed by atoms with Gasteiger partial charge in [-0.1, -0.05) is 57.7 Å². The van der Waals surface area contributed by atoms with Crippen molar-refractivity contribution in [2.75, 3.05) is 6.61 Å². The summed E-state index contributed by atoms with van der Waals surface area (Å²) < 4.78 is 11.2. The number of hydrogen-bond donors (Lipinski definition) is 0. The maximum atomic E-state index is 11.8. The third-order valence-corrected chi connectivity index (χ3v) is 4.10. The van der Waals surface area contributed by atoms with Crippen LogP contribution in [0.4, 0.5) is 0 Å². The Bertz CT molecular complexity index is 667. The normalized spacial score (nSPS) is 11.4. The molecule has 1 aromatic heterocycles. The van der Waals surface area contributed by atoms with Crippen molar-refractivity contribution in [3.05, 3.63) is 41.7 Å². The first-order valence-electron chi connectivity index (χ1n) is 9.11. The van der Waals surface area contributed by atoms with Crippen LogP contribution in [-0.2, 0) is 16.0 Å². The lowest BCUT2D eigenvalue weighted by atomic mass is 10.1. The third-order valence-electron chi connectivity index (χ3n) is 4.10. The van der Waals surface area contributed by atoms with Gasteiger partial charge in [0.05, 0.1) is 6.61 Å². The molecule has 1 heterocycles. The zero-order valence-corrected chi connectivity index (χ0v) is 14.8. The van der Waals surface area contributed by atoms with Gasteiger partial charge in [0.1, 0.15) is 11.3 Å². The number of fused-ring (bicyclic) bond motifs is 1. The molecule has 0 bridgehead atoms. The first-order valence-corrected chi connectivity index (χ1v) is 9.11. The second kappa shape index (κ2) is 9.96. The Morgan fingerprint density at radius 3 is 2.67 bits per heavy atom. The number of aryl methyl sites for hydroxylation is 1. The highest BCUT2D eigenvalue weighted by molar-refractivity contribution is 5.94. The van der Waals surface area contributed by atoms with Gasteiger partial charge in [0.2, 0.25) is 0 Å². The van der Waals surface area contributed by atoms with Gasteiger partial charge in [-0.3, -0.25) is 0 Å². The minimum absolute atomic E-state index is 0.286. The van der Waals surface area contributed by atoms with E-state index in [1.165, 1.54) is 25.3 Å². The molecule has 0 spiro atoms. The van der Waals surface area contributed by atoms with E-state index in [0.717, 1.165) is 48.0 Å². The van der Waals surface area contributed by atoms with E-state index in [2.05, 4.69) is 13.8 Å². The minimum Gasteiger partial charge on any atom is -0.463 e. The van der Waals surface area contributed by atoms with Crippen molar-refractivity contribution in [2.45, 2.75) is 58.8 Å². The monoisotopic (exact) mass is 328 g/mol. The molecule has 0 fully saturated rings. The Kier molecular flexibility index (Phi) is 7.60. The van der Waals surface area contributed by atoms with Crippen molar-refractivity contribution in [3.63, 3.8) is 0 Å². The van der Waals surface area contributed by atoms with Gasteiger partial charge in [-0.2, -0.15) is 0 Å². The van der Waals surface area contributed by atoms with E-state index in [4.69, 9.17) is 9.15 Å². The number of unbranched alkanes of at least 4 members (excludes halogenated alkanes) is 4. The average molecular weight is 328 g/mol. The van der Waals surface area contributed by atoms with Crippen molar-refractivity contribution < 1.29 is 13.9 Å². The summed E-state index contributed by atoms with van der Waals surface area (Å²) in [7, 11) is 0. The summed E-state index contributed by atoms with van der Waals surface area (Å²) >= 11 is 0. The zero-order chi connectivity index (χ0) is 17.2. The Hall–Kier alpha value is -2.03. The van der Waals surface area contributed by atoms with Crippen LogP contribution in [0.1, 0.15) is 63.7 Å². The Labute approximate surface area is 144 Å². The molecule has 130 valence electrons. The van der Waals surface area contributed by atoms with E-state index in [0.29, 0.717) is 6.61 Å². The molecule has 0 unspecified atom stereocenters. The van der Waals surface area contributed by atoms with E-state index < -0.39 is 0 Å². The minimum atomic E-state index is -0.286. The van der Waals surface area contributed by atoms with Gasteiger partial charge >= 0.3 is 5.97 Å². The second-order valence-corrected chi connectivity index (χ2v) is 6.10. The molecule has 0 saturated heterocycles. The molecule has 0 aliphatic heterocycles. The first kappa shape index (κ1) is 18.3. The van der Waals surface area contributed by atoms with Crippen molar-refractivity contribution in [1.82, 2.24) is 0 Å². The molecule has 0 atom stereocenters. The van der Waals surface area contributed by atoms with E-state index in [1.54, 1.807) is 0 Å². The van der Waals surface area contributed by atoms with Crippen LogP contribution in [0.5, 0.6) is 0 Å². The maximum absolute atomic E-state index is 11.8. The van der Waals surface area contributed by atoms with Gasteiger partial charge in [0.25, 0.3) is 0 Å². The highest BCUT2D eigenvalue weighted by Gasteiger charge is 2.11. The molecule has 0 aliphatic rings. The quantitative estimate of drug-likeness (QED) is 0.309. The molecule has 3 heteroatoms. The Morgan fingerprint density at radius 2 is 1.88 bits per heavy atom. The van der Waals surface area contributed by atoms with Crippen molar-refractivity contribution in [3.8, 4) is 0 Å². The number of rotatable bonds is 10. The van der Waals surface area contributed by atoms with Crippen LogP contribution in [0.15, 0.2) is 34.8 Å². The van der Waals surface area contributed by atoms with Crippen molar-refractivity contribution >= 4 is 23.0 Å². The van der Waals surface area contributed by atoms with Crippen molar-refractivity contribution in [1.29, 1.82) is 0 Å². The van der Waals surface area contributed by atoms with Crippen LogP contribution < -0.4 is 0 Å². The number of benzene rings is 1. The fraction of sp³-hybridized carbons (Fsp3) is 0.476. The van der Waals surface area contributed by atoms with Crippen LogP contribution in [0.3, 0.4) is 0 Å². The van der Waals surface area contributed by atoms with Gasteiger partial charge in [-0.05, 0) is 25.0 Å². The molecule has 1 aromatic carbocycles. The Balaban J connectivity index is 2.12. The van der Waals surface area contributed by atoms with Gasteiger partial charge < -0.3 is 9.15 Å². The summed E-state index contributed by atoms with van der Waals surface area (Å²) in [5.74, 6) is 0.676. The lowest BCUT2D eigenvalue weighted by molar-refractivity contribution is -0.137. The molecule has 0 amide bonds. The summed E-state index contributed by atoms with van der Waals surface area (Å²) in [6.07, 6.45) is 11.0. The summed E-state index contributed by atoms with van der Waals surface area (Å²) in [4.78, 5) is 11.8. The lowest BCUT2D eigenvalue weighted by Gasteiger charge is -2.01. The molecule has 2 aromatic rings. The molecule has 24 heavy (non-hydrogen) atoms. The van der Waals surface area contributed by atoms with Crippen molar-refractivity contribution in [2.24, 2.45) is 0 Å². The van der Waals surface area contributed by atoms with E-state index in [9.17, 15) is 4.79 Å². The molecule has 0 aliphatic carbocycles. The molecule has 0 radical (unpaired) electrons. The standard InChI is InChI=1S/C21H28O3/c1-3-5-7-8-12-20-18(14-15-21(22)23-16-6-4-2)17-11-9-10-13-19(17)24-20/h9-11,13-15H,3-8,12,16H2,1-2H3/b15-14+. The van der Waals surface area contributed by atoms with Crippen LogP contribution in [0.2, 0.25) is 0 Å². The molecule has 0 N–H and O–H groups in total. The highest BCUT2D eigenvalue weighted by Crippen LogP contribution is 2.28. The number of carbonyl (C=O) groups is 1. The maximum Gasteiger partial charge on any atom is 0.330 e. The predicted octanol–water partition coefficient (Wildman–Crippen LogP) is 5.91. The summed E-state index contributed by atoms with van der Waals surface area (Å²) in [6.45, 7) is 4.77. The number of para-hydroxylation sites is 1. The van der Waals surface area contributed by atoms with Gasteiger partial charge in [0, 0.05) is 23.4 Å². The third kappa shape index (κ3) is 5.26. The number of hydrogen-bond acceptors (Lipinski definition) is 3. The largest absolute Gasteiger partial charge is 0.463 e. The summed E-state index contributed by atoms with van der Waals surface area (Å²) in [5, 5.41) is 1.06. The van der Waals surface area contributed by atoms with Gasteiger partial charge in [0.15, 0.2) is 0 Å². The number of carbonyl (C=O) groups excluding carboxylic acids is 1. The molecule has 3 nitrogen and oxygen atoms in total. The number of esters is 1. The van der Waals surface area contributed by atoms with Crippen LogP contribution in [0.25, 0.3) is 17.0 Å². The van der Waals surface area contributed by atoms with Gasteiger partial charge in [-0.25, -0.2) is 4.79 Å². The molecule has 0 saturated carbocycles. The van der Waals surface area contributed by atoms with Crippen LogP contribution in [-0.4, -0.2) is 12.6 Å². The Morgan fingerprint density at radius 1 is 1.08 bits per heavy atom. The number of furan rings is 1. The predicted molar refractivity (Wildman–Crippen MR) is 99.0 cm³/mol. The van der Waals surface area contributed by atoms with Crippen LogP contribution >= 0.6 is 0 Å². The second-order valence-electron chi connectivity index (χ2n) is 6.10. The highest BCUT2D eigenvalue weighted by atomic mass is 16.5. The van der Waals surface area contributed by atoms with Crippen LogP contribution in [0, 0.1) is 0 Å². The molecule has 2 rings (SSSR count). The molecular formula is C21H28O3. The molecular weight excluding hydrogens is 300 g/mol. The summed E-state index contributed by atoms with van der Waals surface area (Å²) in [5.41, 5.74) is 1.89. The van der Waals surface area contributed by atoms with E-state index in [-0.39, 0.29) is 5.97 Å². The smallest absolute Gasteiger partial charge is 0.330 e. The lowest BCUT2D eigenvalue weighted by Crippen LogP contribution is -2.01. The zero-order valence-electron chi connectivity index (χ0n) is 14.8. The number of ether oxygens (including phenoxy) is 1. The topological polar surface area (TPSA) is 39.4 Å². The average Bonchev–Trinajstić information content (AvgIpc) is 2.95. The first-order chi connectivity index (χ1) is 11.8. The van der Waals surface area contributed by atoms with E-state index in [1.807, 2.05) is 30.3 Å².